The van der Waals surface area contributed by atoms with Gasteiger partial charge < -0.3 is 13.9 Å². The largest absolute Gasteiger partial charge is 0.392 e. The van der Waals surface area contributed by atoms with Gasteiger partial charge in [-0.1, -0.05) is 26.8 Å². The zero-order chi connectivity index (χ0) is 12.4. The number of ether oxygens (including phenoxy) is 2. The van der Waals surface area contributed by atoms with Crippen LogP contribution in [-0.4, -0.2) is 28.0 Å². The summed E-state index contributed by atoms with van der Waals surface area (Å²) >= 11 is 0. The fourth-order valence-corrected chi connectivity index (χ4v) is 2.43. The maximum Gasteiger partial charge on any atom is 0.195 e. The van der Waals surface area contributed by atoms with Crippen LogP contribution in [0.25, 0.3) is 0 Å². The van der Waals surface area contributed by atoms with Gasteiger partial charge in [0.15, 0.2) is 20.9 Å². The van der Waals surface area contributed by atoms with Gasteiger partial charge in [-0.2, -0.15) is 0 Å². The summed E-state index contributed by atoms with van der Waals surface area (Å²) in [5, 5.41) is 0.208. The molecule has 0 radical (unpaired) electrons. The zero-order valence-electron chi connectivity index (χ0n) is 11.2. The van der Waals surface area contributed by atoms with Crippen LogP contribution in [0.3, 0.4) is 0 Å². The molecule has 0 aromatic rings. The molecule has 0 aromatic carbocycles. The van der Waals surface area contributed by atoms with Gasteiger partial charge in [0, 0.05) is 13.5 Å². The molecule has 0 spiro atoms. The van der Waals surface area contributed by atoms with Crippen molar-refractivity contribution in [1.29, 1.82) is 0 Å². The molecule has 0 N–H and O–H groups in total. The Bertz CT molecular complexity index is 255. The maximum atomic E-state index is 6.16. The molecule has 16 heavy (non-hydrogen) atoms. The summed E-state index contributed by atoms with van der Waals surface area (Å²) < 4.78 is 17.0. The Kier molecular flexibility index (Phi) is 4.34. The SMILES string of the molecule is CO[C@H]1C=CC[C@@H](O[Si](C)(C)C(C)(C)C)O1. The first-order chi connectivity index (χ1) is 7.26. The van der Waals surface area contributed by atoms with Gasteiger partial charge in [0.1, 0.15) is 0 Å². The van der Waals surface area contributed by atoms with Crippen LogP contribution in [0, 0.1) is 0 Å². The Morgan fingerprint density at radius 1 is 1.31 bits per heavy atom. The van der Waals surface area contributed by atoms with Gasteiger partial charge in [-0.05, 0) is 24.2 Å². The molecular weight excluding hydrogens is 220 g/mol. The highest BCUT2D eigenvalue weighted by Gasteiger charge is 2.40. The summed E-state index contributed by atoms with van der Waals surface area (Å²) in [4.78, 5) is 0. The molecule has 3 nitrogen and oxygen atoms in total. The minimum Gasteiger partial charge on any atom is -0.392 e. The van der Waals surface area contributed by atoms with E-state index in [1.807, 2.05) is 6.08 Å². The van der Waals surface area contributed by atoms with Crippen molar-refractivity contribution in [3.8, 4) is 0 Å². The predicted octanol–water partition coefficient (Wildman–Crippen LogP) is 3.28. The first-order valence-corrected chi connectivity index (χ1v) is 8.70. The van der Waals surface area contributed by atoms with Gasteiger partial charge in [0.2, 0.25) is 0 Å². The lowest BCUT2D eigenvalue weighted by atomic mass is 10.2. The molecule has 4 heteroatoms. The van der Waals surface area contributed by atoms with Crippen LogP contribution in [-0.2, 0) is 13.9 Å². The standard InChI is InChI=1S/C12H24O3Si/c1-12(2,3)16(5,6)15-11-9-7-8-10(13-4)14-11/h7-8,10-11H,9H2,1-6H3/t10-,11-/m1/s1. The Morgan fingerprint density at radius 2 is 1.94 bits per heavy atom. The van der Waals surface area contributed by atoms with Gasteiger partial charge in [0.25, 0.3) is 0 Å². The lowest BCUT2D eigenvalue weighted by molar-refractivity contribution is -0.195. The molecule has 0 bridgehead atoms. The lowest BCUT2D eigenvalue weighted by Gasteiger charge is -2.40. The highest BCUT2D eigenvalue weighted by atomic mass is 28.4. The highest BCUT2D eigenvalue weighted by molar-refractivity contribution is 6.74. The molecule has 1 heterocycles. The molecule has 2 atom stereocenters. The Balaban J connectivity index is 2.59. The van der Waals surface area contributed by atoms with Crippen LogP contribution in [0.15, 0.2) is 12.2 Å². The monoisotopic (exact) mass is 244 g/mol. The van der Waals surface area contributed by atoms with E-state index < -0.39 is 8.32 Å². The fraction of sp³-hybridized carbons (Fsp3) is 0.833. The third-order valence-corrected chi connectivity index (χ3v) is 7.84. The van der Waals surface area contributed by atoms with E-state index in [1.165, 1.54) is 0 Å². The highest BCUT2D eigenvalue weighted by Crippen LogP contribution is 2.38. The van der Waals surface area contributed by atoms with E-state index in [2.05, 4.69) is 39.9 Å². The summed E-state index contributed by atoms with van der Waals surface area (Å²) in [6.45, 7) is 11.1. The first-order valence-electron chi connectivity index (χ1n) is 5.79. The second-order valence-electron chi connectivity index (χ2n) is 5.71. The van der Waals surface area contributed by atoms with E-state index in [0.717, 1.165) is 6.42 Å². The van der Waals surface area contributed by atoms with Crippen molar-refractivity contribution in [3.05, 3.63) is 12.2 Å². The molecule has 94 valence electrons. The quantitative estimate of drug-likeness (QED) is 0.563. The van der Waals surface area contributed by atoms with E-state index in [-0.39, 0.29) is 17.6 Å². The summed E-state index contributed by atoms with van der Waals surface area (Å²) in [6.07, 6.45) is 4.38. The third kappa shape index (κ3) is 3.42. The van der Waals surface area contributed by atoms with E-state index in [1.54, 1.807) is 7.11 Å². The molecule has 1 rings (SSSR count). The van der Waals surface area contributed by atoms with E-state index in [4.69, 9.17) is 13.9 Å². The van der Waals surface area contributed by atoms with Gasteiger partial charge in [-0.25, -0.2) is 0 Å². The maximum absolute atomic E-state index is 6.16. The molecule has 1 aliphatic heterocycles. The summed E-state index contributed by atoms with van der Waals surface area (Å²) in [7, 11) is -0.107. The van der Waals surface area contributed by atoms with Crippen LogP contribution in [0.4, 0.5) is 0 Å². The molecule has 0 saturated carbocycles. The lowest BCUT2D eigenvalue weighted by Crippen LogP contribution is -2.45. The number of hydrogen-bond acceptors (Lipinski definition) is 3. The van der Waals surface area contributed by atoms with Crippen LogP contribution < -0.4 is 0 Å². The second-order valence-corrected chi connectivity index (χ2v) is 10.5. The molecule has 0 saturated heterocycles. The molecule has 0 amide bonds. The summed E-state index contributed by atoms with van der Waals surface area (Å²) in [6, 6.07) is 0. The summed E-state index contributed by atoms with van der Waals surface area (Å²) in [5.74, 6) is 0. The Morgan fingerprint density at radius 3 is 2.44 bits per heavy atom. The van der Waals surface area contributed by atoms with Crippen molar-refractivity contribution in [2.24, 2.45) is 0 Å². The van der Waals surface area contributed by atoms with Crippen molar-refractivity contribution in [3.63, 3.8) is 0 Å². The average Bonchev–Trinajstić information content (AvgIpc) is 2.15. The number of hydrogen-bond donors (Lipinski definition) is 0. The van der Waals surface area contributed by atoms with E-state index >= 15 is 0 Å². The smallest absolute Gasteiger partial charge is 0.195 e. The van der Waals surface area contributed by atoms with Gasteiger partial charge in [0.05, 0.1) is 0 Å². The van der Waals surface area contributed by atoms with Gasteiger partial charge in [-0.15, -0.1) is 0 Å². The zero-order valence-corrected chi connectivity index (χ0v) is 12.2. The number of methoxy groups -OCH3 is 1. The van der Waals surface area contributed by atoms with E-state index in [9.17, 15) is 0 Å². The Hall–Kier alpha value is -0.163. The van der Waals surface area contributed by atoms with Crippen molar-refractivity contribution in [2.75, 3.05) is 7.11 Å². The van der Waals surface area contributed by atoms with Gasteiger partial charge >= 0.3 is 0 Å². The molecule has 0 unspecified atom stereocenters. The molecule has 0 fully saturated rings. The van der Waals surface area contributed by atoms with Crippen LogP contribution in [0.1, 0.15) is 27.2 Å². The van der Waals surface area contributed by atoms with Crippen LogP contribution in [0.5, 0.6) is 0 Å². The van der Waals surface area contributed by atoms with E-state index in [0.29, 0.717) is 0 Å². The van der Waals surface area contributed by atoms with Crippen molar-refractivity contribution in [1.82, 2.24) is 0 Å². The topological polar surface area (TPSA) is 27.7 Å². The predicted molar refractivity (Wildman–Crippen MR) is 67.7 cm³/mol. The fourth-order valence-electron chi connectivity index (χ4n) is 1.27. The Labute approximate surface area is 99.9 Å². The minimum absolute atomic E-state index is 0.157. The molecule has 1 aliphatic rings. The minimum atomic E-state index is -1.75. The second kappa shape index (κ2) is 5.00. The van der Waals surface area contributed by atoms with Crippen molar-refractivity contribution >= 4 is 8.32 Å². The van der Waals surface area contributed by atoms with Crippen LogP contribution in [0.2, 0.25) is 18.1 Å². The number of rotatable bonds is 3. The first kappa shape index (κ1) is 13.9. The van der Waals surface area contributed by atoms with Gasteiger partial charge in [-0.3, -0.25) is 0 Å². The summed E-state index contributed by atoms with van der Waals surface area (Å²) in [5.41, 5.74) is 0. The third-order valence-electron chi connectivity index (χ3n) is 3.37. The van der Waals surface area contributed by atoms with Crippen LogP contribution >= 0.6 is 0 Å². The molecular formula is C12H24O3Si. The average molecular weight is 244 g/mol. The molecule has 0 aromatic heterocycles. The van der Waals surface area contributed by atoms with Crippen molar-refractivity contribution in [2.45, 2.75) is 57.9 Å². The van der Waals surface area contributed by atoms with Crippen molar-refractivity contribution < 1.29 is 13.9 Å². The normalized spacial score (nSPS) is 27.1. The molecule has 0 aliphatic carbocycles.